The van der Waals surface area contributed by atoms with Crippen molar-refractivity contribution in [3.8, 4) is 5.75 Å². The van der Waals surface area contributed by atoms with Gasteiger partial charge in [-0.1, -0.05) is 47.5 Å². The lowest BCUT2D eigenvalue weighted by atomic mass is 10.1. The third kappa shape index (κ3) is 5.36. The van der Waals surface area contributed by atoms with E-state index in [2.05, 4.69) is 5.32 Å². The molecule has 1 N–H and O–H groups in total. The molecule has 0 saturated heterocycles. The molecule has 0 aliphatic heterocycles. The maximum atomic E-state index is 12.4. The average Bonchev–Trinajstić information content (AvgIpc) is 2.63. The third-order valence-electron chi connectivity index (χ3n) is 4.12. The molecule has 0 aliphatic rings. The minimum Gasteiger partial charge on any atom is -0.497 e. The van der Waals surface area contributed by atoms with Crippen molar-refractivity contribution in [3.63, 3.8) is 0 Å². The van der Waals surface area contributed by atoms with E-state index in [1.165, 1.54) is 0 Å². The summed E-state index contributed by atoms with van der Waals surface area (Å²) in [5, 5.41) is 4.00. The second-order valence-corrected chi connectivity index (χ2v) is 6.66. The summed E-state index contributed by atoms with van der Waals surface area (Å²) in [7, 11) is 3.51. The summed E-state index contributed by atoms with van der Waals surface area (Å²) in [6.07, 6.45) is 0. The maximum absolute atomic E-state index is 12.4. The number of carbonyl (C=O) groups excluding carboxylic acids is 1. The Morgan fingerprint density at radius 2 is 1.88 bits per heavy atom. The SMILES string of the molecule is COc1ccc(CNC(=O)[C@H](C)N(C)Cc2cccc(Cl)c2Cl)cc1. The number of nitrogens with one attached hydrogen (secondary N) is 1. The second-order valence-electron chi connectivity index (χ2n) is 5.87. The zero-order chi connectivity index (χ0) is 18.4. The van der Waals surface area contributed by atoms with Crippen molar-refractivity contribution in [2.45, 2.75) is 26.1 Å². The molecule has 25 heavy (non-hydrogen) atoms. The van der Waals surface area contributed by atoms with Gasteiger partial charge >= 0.3 is 0 Å². The average molecular weight is 381 g/mol. The number of hydrogen-bond donors (Lipinski definition) is 1. The fourth-order valence-electron chi connectivity index (χ4n) is 2.36. The Bertz CT molecular complexity index is 720. The smallest absolute Gasteiger partial charge is 0.237 e. The molecule has 2 rings (SSSR count). The van der Waals surface area contributed by atoms with Crippen LogP contribution in [0.5, 0.6) is 5.75 Å². The molecule has 0 spiro atoms. The van der Waals surface area contributed by atoms with E-state index < -0.39 is 0 Å². The van der Waals surface area contributed by atoms with Gasteiger partial charge in [0.05, 0.1) is 23.2 Å². The summed E-state index contributed by atoms with van der Waals surface area (Å²) in [4.78, 5) is 14.3. The van der Waals surface area contributed by atoms with E-state index in [-0.39, 0.29) is 11.9 Å². The van der Waals surface area contributed by atoms with Crippen LogP contribution in [0.15, 0.2) is 42.5 Å². The molecule has 0 fully saturated rings. The number of rotatable bonds is 7. The van der Waals surface area contributed by atoms with Crippen LogP contribution in [-0.4, -0.2) is 31.0 Å². The summed E-state index contributed by atoms with van der Waals surface area (Å²) in [5.41, 5.74) is 1.91. The normalized spacial score (nSPS) is 12.1. The summed E-state index contributed by atoms with van der Waals surface area (Å²) in [6, 6.07) is 12.8. The van der Waals surface area contributed by atoms with E-state index in [1.807, 2.05) is 55.3 Å². The Morgan fingerprint density at radius 3 is 2.52 bits per heavy atom. The highest BCUT2D eigenvalue weighted by Gasteiger charge is 2.19. The highest BCUT2D eigenvalue weighted by molar-refractivity contribution is 6.42. The van der Waals surface area contributed by atoms with Crippen LogP contribution in [0.2, 0.25) is 10.0 Å². The van der Waals surface area contributed by atoms with Crippen LogP contribution in [0.3, 0.4) is 0 Å². The lowest BCUT2D eigenvalue weighted by molar-refractivity contribution is -0.125. The number of halogens is 2. The van der Waals surface area contributed by atoms with Crippen LogP contribution >= 0.6 is 23.2 Å². The molecule has 4 nitrogen and oxygen atoms in total. The molecule has 0 aromatic heterocycles. The Labute approximate surface area is 158 Å². The standard InChI is InChI=1S/C19H22Cl2N2O2/c1-13(23(2)12-15-5-4-6-17(20)18(15)21)19(24)22-11-14-7-9-16(25-3)10-8-14/h4-10,13H,11-12H2,1-3H3,(H,22,24)/t13-/m0/s1. The first-order chi connectivity index (χ1) is 11.9. The van der Waals surface area contributed by atoms with Crippen LogP contribution < -0.4 is 10.1 Å². The minimum absolute atomic E-state index is 0.0449. The van der Waals surface area contributed by atoms with Crippen LogP contribution in [0.4, 0.5) is 0 Å². The Balaban J connectivity index is 1.90. The third-order valence-corrected chi connectivity index (χ3v) is 4.98. The summed E-state index contributed by atoms with van der Waals surface area (Å²) in [5.74, 6) is 0.748. The molecule has 0 saturated carbocycles. The zero-order valence-corrected chi connectivity index (χ0v) is 16.1. The Kier molecular flexibility index (Phi) is 7.12. The summed E-state index contributed by atoms with van der Waals surface area (Å²) in [6.45, 7) is 2.87. The molecule has 2 aromatic rings. The van der Waals surface area contributed by atoms with Gasteiger partial charge in [-0.2, -0.15) is 0 Å². The van der Waals surface area contributed by atoms with Crippen molar-refractivity contribution in [3.05, 3.63) is 63.6 Å². The highest BCUT2D eigenvalue weighted by atomic mass is 35.5. The molecule has 1 atom stereocenters. The molecule has 1 amide bonds. The monoisotopic (exact) mass is 380 g/mol. The number of amides is 1. The Hall–Kier alpha value is -1.75. The first kappa shape index (κ1) is 19.6. The van der Waals surface area contributed by atoms with E-state index in [0.29, 0.717) is 23.1 Å². The van der Waals surface area contributed by atoms with Gasteiger partial charge in [-0.05, 0) is 43.3 Å². The predicted molar refractivity (Wildman–Crippen MR) is 102 cm³/mol. The van der Waals surface area contributed by atoms with Crippen molar-refractivity contribution < 1.29 is 9.53 Å². The molecule has 0 radical (unpaired) electrons. The highest BCUT2D eigenvalue weighted by Crippen LogP contribution is 2.26. The van der Waals surface area contributed by atoms with E-state index in [0.717, 1.165) is 16.9 Å². The molecule has 0 bridgehead atoms. The number of carbonyl (C=O) groups is 1. The number of ether oxygens (including phenoxy) is 1. The molecule has 6 heteroatoms. The van der Waals surface area contributed by atoms with Crippen LogP contribution in [-0.2, 0) is 17.9 Å². The molecular formula is C19H22Cl2N2O2. The topological polar surface area (TPSA) is 41.6 Å². The van der Waals surface area contributed by atoms with Gasteiger partial charge in [0.1, 0.15) is 5.75 Å². The summed E-state index contributed by atoms with van der Waals surface area (Å²) >= 11 is 12.3. The number of likely N-dealkylation sites (N-methyl/N-ethyl adjacent to an activating group) is 1. The number of methoxy groups -OCH3 is 1. The molecule has 0 heterocycles. The number of nitrogens with zero attached hydrogens (tertiary/aromatic N) is 1. The maximum Gasteiger partial charge on any atom is 0.237 e. The van der Waals surface area contributed by atoms with Crippen molar-refractivity contribution in [2.24, 2.45) is 0 Å². The van der Waals surface area contributed by atoms with E-state index in [4.69, 9.17) is 27.9 Å². The Morgan fingerprint density at radius 1 is 1.20 bits per heavy atom. The first-order valence-electron chi connectivity index (χ1n) is 7.96. The minimum atomic E-state index is -0.298. The van der Waals surface area contributed by atoms with E-state index >= 15 is 0 Å². The lowest BCUT2D eigenvalue weighted by Crippen LogP contribution is -2.42. The van der Waals surface area contributed by atoms with Crippen molar-refractivity contribution in [1.82, 2.24) is 10.2 Å². The van der Waals surface area contributed by atoms with Gasteiger partial charge in [0.25, 0.3) is 0 Å². The van der Waals surface area contributed by atoms with Crippen LogP contribution in [0.1, 0.15) is 18.1 Å². The molecule has 2 aromatic carbocycles. The zero-order valence-electron chi connectivity index (χ0n) is 14.6. The molecular weight excluding hydrogens is 359 g/mol. The van der Waals surface area contributed by atoms with Gasteiger partial charge in [0.15, 0.2) is 0 Å². The number of hydrogen-bond acceptors (Lipinski definition) is 3. The van der Waals surface area contributed by atoms with Gasteiger partial charge in [-0.3, -0.25) is 9.69 Å². The quantitative estimate of drug-likeness (QED) is 0.784. The van der Waals surface area contributed by atoms with Crippen LogP contribution in [0, 0.1) is 0 Å². The van der Waals surface area contributed by atoms with E-state index in [9.17, 15) is 4.79 Å². The van der Waals surface area contributed by atoms with Crippen LogP contribution in [0.25, 0.3) is 0 Å². The van der Waals surface area contributed by atoms with Crippen molar-refractivity contribution in [2.75, 3.05) is 14.2 Å². The van der Waals surface area contributed by atoms with Gasteiger partial charge in [-0.15, -0.1) is 0 Å². The van der Waals surface area contributed by atoms with Gasteiger partial charge in [-0.25, -0.2) is 0 Å². The fourth-order valence-corrected chi connectivity index (χ4v) is 2.74. The number of benzene rings is 2. The summed E-state index contributed by atoms with van der Waals surface area (Å²) < 4.78 is 5.12. The lowest BCUT2D eigenvalue weighted by Gasteiger charge is -2.24. The van der Waals surface area contributed by atoms with Crippen molar-refractivity contribution in [1.29, 1.82) is 0 Å². The molecule has 0 unspecified atom stereocenters. The molecule has 0 aliphatic carbocycles. The second kappa shape index (κ2) is 9.09. The largest absolute Gasteiger partial charge is 0.497 e. The van der Waals surface area contributed by atoms with Gasteiger partial charge < -0.3 is 10.1 Å². The van der Waals surface area contributed by atoms with E-state index in [1.54, 1.807) is 13.2 Å². The predicted octanol–water partition coefficient (Wildman–Crippen LogP) is 4.14. The molecule has 134 valence electrons. The van der Waals surface area contributed by atoms with Crippen molar-refractivity contribution >= 4 is 29.1 Å². The fraction of sp³-hybridized carbons (Fsp3) is 0.316. The first-order valence-corrected chi connectivity index (χ1v) is 8.71. The van der Waals surface area contributed by atoms with Gasteiger partial charge in [0.2, 0.25) is 5.91 Å². The van der Waals surface area contributed by atoms with Gasteiger partial charge in [0, 0.05) is 13.1 Å².